The minimum Gasteiger partial charge on any atom is -0.342 e. The molecule has 0 fully saturated rings. The van der Waals surface area contributed by atoms with Gasteiger partial charge >= 0.3 is 0 Å². The maximum atomic E-state index is 12.8. The summed E-state index contributed by atoms with van der Waals surface area (Å²) in [5, 5.41) is 15.2. The van der Waals surface area contributed by atoms with Crippen molar-refractivity contribution in [3.05, 3.63) is 71.0 Å². The largest absolute Gasteiger partial charge is 0.342 e. The summed E-state index contributed by atoms with van der Waals surface area (Å²) in [6.45, 7) is 10.3. The van der Waals surface area contributed by atoms with E-state index in [1.54, 1.807) is 6.07 Å². The van der Waals surface area contributed by atoms with Crippen molar-refractivity contribution in [1.82, 2.24) is 20.1 Å². The van der Waals surface area contributed by atoms with Gasteiger partial charge in [-0.05, 0) is 48.6 Å². The number of hydrogen-bond donors (Lipinski definition) is 2. The molecule has 2 N–H and O–H groups in total. The summed E-state index contributed by atoms with van der Waals surface area (Å²) < 4.78 is 1.84. The average molecular weight is 480 g/mol. The van der Waals surface area contributed by atoms with Crippen LogP contribution in [0.2, 0.25) is 0 Å². The van der Waals surface area contributed by atoms with Crippen molar-refractivity contribution in [2.24, 2.45) is 13.0 Å². The molecule has 180 valence electrons. The number of amides is 2. The lowest BCUT2D eigenvalue weighted by molar-refractivity contribution is -0.113. The zero-order chi connectivity index (χ0) is 24.8. The summed E-state index contributed by atoms with van der Waals surface area (Å²) in [7, 11) is 1.86. The van der Waals surface area contributed by atoms with Gasteiger partial charge in [0.2, 0.25) is 5.91 Å². The lowest BCUT2D eigenvalue weighted by atomic mass is 10.0. The van der Waals surface area contributed by atoms with Crippen molar-refractivity contribution >= 4 is 29.3 Å². The second kappa shape index (κ2) is 11.3. The van der Waals surface area contributed by atoms with E-state index in [2.05, 4.69) is 34.7 Å². The Morgan fingerprint density at radius 2 is 1.74 bits per heavy atom. The molecule has 0 aliphatic heterocycles. The van der Waals surface area contributed by atoms with Crippen LogP contribution in [0.3, 0.4) is 0 Å². The predicted molar refractivity (Wildman–Crippen MR) is 137 cm³/mol. The maximum absolute atomic E-state index is 12.8. The zero-order valence-corrected chi connectivity index (χ0v) is 21.4. The second-order valence-corrected chi connectivity index (χ2v) is 10.0. The van der Waals surface area contributed by atoms with Crippen molar-refractivity contribution in [2.45, 2.75) is 51.7 Å². The minimum atomic E-state index is -0.312. The van der Waals surface area contributed by atoms with E-state index in [1.807, 2.05) is 74.9 Å². The Balaban J connectivity index is 1.63. The summed E-state index contributed by atoms with van der Waals surface area (Å²) in [4.78, 5) is 25.3. The second-order valence-electron chi connectivity index (χ2n) is 9.08. The molecule has 3 aromatic rings. The molecule has 0 spiro atoms. The third kappa shape index (κ3) is 6.47. The van der Waals surface area contributed by atoms with Gasteiger partial charge in [0.15, 0.2) is 11.0 Å². The fourth-order valence-corrected chi connectivity index (χ4v) is 4.26. The number of hydrogen-bond acceptors (Lipinski definition) is 5. The predicted octanol–water partition coefficient (Wildman–Crippen LogP) is 5.10. The number of aromatic nitrogens is 3. The quantitative estimate of drug-likeness (QED) is 0.417. The van der Waals surface area contributed by atoms with Crippen molar-refractivity contribution in [2.75, 3.05) is 11.1 Å². The number of carbonyl (C=O) groups is 2. The van der Waals surface area contributed by atoms with Gasteiger partial charge in [0, 0.05) is 18.3 Å². The fraction of sp³-hybridized carbons (Fsp3) is 0.385. The highest BCUT2D eigenvalue weighted by atomic mass is 32.2. The van der Waals surface area contributed by atoms with Gasteiger partial charge in [0.1, 0.15) is 0 Å². The number of aryl methyl sites for hydroxylation is 1. The fourth-order valence-electron chi connectivity index (χ4n) is 3.54. The highest BCUT2D eigenvalue weighted by Crippen LogP contribution is 2.25. The van der Waals surface area contributed by atoms with Crippen LogP contribution in [-0.2, 0) is 11.8 Å². The number of benzene rings is 2. The number of nitrogens with zero attached hydrogens (tertiary/aromatic N) is 3. The van der Waals surface area contributed by atoms with Gasteiger partial charge in [-0.3, -0.25) is 9.59 Å². The first kappa shape index (κ1) is 25.5. The Hall–Kier alpha value is -3.13. The third-order valence-electron chi connectivity index (χ3n) is 5.57. The van der Waals surface area contributed by atoms with Crippen LogP contribution in [0.4, 0.5) is 5.69 Å². The van der Waals surface area contributed by atoms with Crippen LogP contribution in [0.25, 0.3) is 0 Å². The molecule has 0 saturated heterocycles. The number of rotatable bonds is 9. The van der Waals surface area contributed by atoms with Crippen LogP contribution in [0, 0.1) is 12.8 Å². The minimum absolute atomic E-state index is 0.103. The van der Waals surface area contributed by atoms with Crippen molar-refractivity contribution in [3.63, 3.8) is 0 Å². The van der Waals surface area contributed by atoms with Gasteiger partial charge in [-0.15, -0.1) is 10.2 Å². The smallest absolute Gasteiger partial charge is 0.251 e. The average Bonchev–Trinajstić information content (AvgIpc) is 3.16. The van der Waals surface area contributed by atoms with Crippen LogP contribution in [0.1, 0.15) is 67.0 Å². The van der Waals surface area contributed by atoms with Gasteiger partial charge < -0.3 is 15.2 Å². The molecule has 0 radical (unpaired) electrons. The summed E-state index contributed by atoms with van der Waals surface area (Å²) in [5.41, 5.74) is 3.64. The number of thioether (sulfide) groups is 1. The van der Waals surface area contributed by atoms with E-state index < -0.39 is 0 Å². The third-order valence-corrected chi connectivity index (χ3v) is 6.59. The highest BCUT2D eigenvalue weighted by molar-refractivity contribution is 7.99. The van der Waals surface area contributed by atoms with E-state index in [9.17, 15) is 9.59 Å². The molecule has 0 unspecified atom stereocenters. The Bertz CT molecular complexity index is 1140. The maximum Gasteiger partial charge on any atom is 0.251 e. The molecule has 34 heavy (non-hydrogen) atoms. The standard InChI is InChI=1S/C26H33N5O2S/c1-16(2)19-10-12-21(13-11-19)27-22(32)15-34-26-30-29-24(31(26)6)23(17(3)4)28-25(33)20-9-7-8-18(5)14-20/h7-14,16-17,23H,15H2,1-6H3,(H,27,32)(H,28,33)/t23-/m0/s1. The molecule has 1 heterocycles. The van der Waals surface area contributed by atoms with Gasteiger partial charge in [-0.2, -0.15) is 0 Å². The van der Waals surface area contributed by atoms with Crippen LogP contribution in [-0.4, -0.2) is 32.3 Å². The lowest BCUT2D eigenvalue weighted by Gasteiger charge is -2.21. The van der Waals surface area contributed by atoms with Gasteiger partial charge in [0.25, 0.3) is 5.91 Å². The number of carbonyl (C=O) groups excluding carboxylic acids is 2. The molecule has 0 saturated carbocycles. The van der Waals surface area contributed by atoms with Crippen LogP contribution >= 0.6 is 11.8 Å². The Morgan fingerprint density at radius 1 is 1.03 bits per heavy atom. The van der Waals surface area contributed by atoms with Crippen molar-refractivity contribution < 1.29 is 9.59 Å². The molecular weight excluding hydrogens is 446 g/mol. The number of nitrogens with one attached hydrogen (secondary N) is 2. The van der Waals surface area contributed by atoms with E-state index in [-0.39, 0.29) is 29.5 Å². The first-order chi connectivity index (χ1) is 16.2. The molecule has 8 heteroatoms. The highest BCUT2D eigenvalue weighted by Gasteiger charge is 2.25. The zero-order valence-electron chi connectivity index (χ0n) is 20.6. The van der Waals surface area contributed by atoms with E-state index >= 15 is 0 Å². The van der Waals surface area contributed by atoms with E-state index in [0.717, 1.165) is 11.3 Å². The number of anilines is 1. The van der Waals surface area contributed by atoms with Crippen LogP contribution in [0.15, 0.2) is 53.7 Å². The Kier molecular flexibility index (Phi) is 8.50. The molecule has 1 atom stereocenters. The molecule has 1 aromatic heterocycles. The topological polar surface area (TPSA) is 88.9 Å². The monoisotopic (exact) mass is 479 g/mol. The van der Waals surface area contributed by atoms with Crippen LogP contribution in [0.5, 0.6) is 0 Å². The molecule has 3 rings (SSSR count). The first-order valence-electron chi connectivity index (χ1n) is 11.4. The summed E-state index contributed by atoms with van der Waals surface area (Å²) in [5.74, 6) is 1.15. The van der Waals surface area contributed by atoms with Crippen LogP contribution < -0.4 is 10.6 Å². The summed E-state index contributed by atoms with van der Waals surface area (Å²) >= 11 is 1.31. The normalized spacial score (nSPS) is 12.1. The molecule has 2 amide bonds. The summed E-state index contributed by atoms with van der Waals surface area (Å²) in [6.07, 6.45) is 0. The Morgan fingerprint density at radius 3 is 2.35 bits per heavy atom. The molecular formula is C26H33N5O2S. The lowest BCUT2D eigenvalue weighted by Crippen LogP contribution is -2.33. The molecule has 7 nitrogen and oxygen atoms in total. The van der Waals surface area contributed by atoms with Crippen molar-refractivity contribution in [3.8, 4) is 0 Å². The molecule has 2 aromatic carbocycles. The SMILES string of the molecule is Cc1cccc(C(=O)N[C@H](c2nnc(SCC(=O)Nc3ccc(C(C)C)cc3)n2C)C(C)C)c1. The van der Waals surface area contributed by atoms with E-state index in [4.69, 9.17) is 0 Å². The van der Waals surface area contributed by atoms with Crippen molar-refractivity contribution in [1.29, 1.82) is 0 Å². The first-order valence-corrected chi connectivity index (χ1v) is 12.4. The van der Waals surface area contributed by atoms with E-state index in [0.29, 0.717) is 22.5 Å². The van der Waals surface area contributed by atoms with Gasteiger partial charge in [0.05, 0.1) is 11.8 Å². The molecule has 0 aliphatic rings. The van der Waals surface area contributed by atoms with E-state index in [1.165, 1.54) is 17.3 Å². The summed E-state index contributed by atoms with van der Waals surface area (Å²) in [6, 6.07) is 15.1. The van der Waals surface area contributed by atoms with Gasteiger partial charge in [-0.25, -0.2) is 0 Å². The molecule has 0 aliphatic carbocycles. The van der Waals surface area contributed by atoms with Gasteiger partial charge in [-0.1, -0.05) is 69.3 Å². The Labute approximate surface area is 205 Å². The molecule has 0 bridgehead atoms.